The van der Waals surface area contributed by atoms with Gasteiger partial charge in [0.2, 0.25) is 17.4 Å². The zero-order valence-corrected chi connectivity index (χ0v) is 19.6. The molecule has 3 aliphatic heterocycles. The molecule has 34 heavy (non-hydrogen) atoms. The molecule has 2 fully saturated rings. The SMILES string of the molecule is CC(C)NC(=O)c1noc2c(Cl)c3c(nc12)CC1(C(=O)NC(=O)NC1=O)[C@H]1[C@H](C)O[C@H](C)CN31.[HH]. The van der Waals surface area contributed by atoms with Gasteiger partial charge in [0.15, 0.2) is 11.1 Å². The molecule has 5 heterocycles. The van der Waals surface area contributed by atoms with Crippen LogP contribution in [0.1, 0.15) is 45.3 Å². The van der Waals surface area contributed by atoms with E-state index in [4.69, 9.17) is 20.9 Å². The third kappa shape index (κ3) is 3.08. The monoisotopic (exact) mass is 492 g/mol. The van der Waals surface area contributed by atoms with E-state index in [0.717, 1.165) is 0 Å². The summed E-state index contributed by atoms with van der Waals surface area (Å²) in [5.41, 5.74) is -0.711. The van der Waals surface area contributed by atoms with Crippen LogP contribution in [-0.2, 0) is 20.7 Å². The van der Waals surface area contributed by atoms with E-state index in [1.165, 1.54) is 0 Å². The molecule has 13 heteroatoms. The number of amides is 5. The summed E-state index contributed by atoms with van der Waals surface area (Å²) < 4.78 is 11.4. The summed E-state index contributed by atoms with van der Waals surface area (Å²) in [6.45, 7) is 7.53. The van der Waals surface area contributed by atoms with Crippen molar-refractivity contribution in [3.05, 3.63) is 16.4 Å². The molecule has 3 aliphatic rings. The third-order valence-electron chi connectivity index (χ3n) is 6.41. The lowest BCUT2D eigenvalue weighted by molar-refractivity contribution is -0.153. The number of carbonyl (C=O) groups excluding carboxylic acids is 4. The number of hydrogen-bond acceptors (Lipinski definition) is 9. The molecular formula is C21H25ClN6O6. The Morgan fingerprint density at radius 1 is 1.26 bits per heavy atom. The number of rotatable bonds is 2. The maximum atomic E-state index is 13.2. The van der Waals surface area contributed by atoms with Crippen molar-refractivity contribution in [3.8, 4) is 0 Å². The van der Waals surface area contributed by atoms with Crippen LogP contribution >= 0.6 is 11.6 Å². The van der Waals surface area contributed by atoms with Crippen molar-refractivity contribution in [1.82, 2.24) is 26.1 Å². The highest BCUT2D eigenvalue weighted by Gasteiger charge is 2.63. The predicted molar refractivity (Wildman–Crippen MR) is 120 cm³/mol. The fourth-order valence-corrected chi connectivity index (χ4v) is 5.58. The highest BCUT2D eigenvalue weighted by molar-refractivity contribution is 6.38. The third-order valence-corrected chi connectivity index (χ3v) is 6.76. The predicted octanol–water partition coefficient (Wildman–Crippen LogP) is 1.15. The van der Waals surface area contributed by atoms with E-state index in [9.17, 15) is 19.2 Å². The number of barbiturate groups is 1. The van der Waals surface area contributed by atoms with Crippen LogP contribution in [0.15, 0.2) is 4.52 Å². The summed E-state index contributed by atoms with van der Waals surface area (Å²) in [6.07, 6.45) is -0.974. The number of aromatic nitrogens is 2. The van der Waals surface area contributed by atoms with E-state index >= 15 is 0 Å². The fourth-order valence-electron chi connectivity index (χ4n) is 5.24. The van der Waals surface area contributed by atoms with E-state index in [1.807, 2.05) is 11.8 Å². The first-order valence-electron chi connectivity index (χ1n) is 10.9. The van der Waals surface area contributed by atoms with Crippen LogP contribution in [0.4, 0.5) is 10.5 Å². The Morgan fingerprint density at radius 3 is 2.59 bits per heavy atom. The topological polar surface area (TPSA) is 156 Å². The second kappa shape index (κ2) is 7.64. The number of halogens is 1. The van der Waals surface area contributed by atoms with Crippen molar-refractivity contribution < 1.29 is 29.9 Å². The minimum absolute atomic E-state index is 0. The average Bonchev–Trinajstić information content (AvgIpc) is 3.15. The molecule has 3 atom stereocenters. The minimum atomic E-state index is -1.71. The zero-order valence-electron chi connectivity index (χ0n) is 18.9. The van der Waals surface area contributed by atoms with Crippen LogP contribution in [-0.4, -0.2) is 64.7 Å². The summed E-state index contributed by atoms with van der Waals surface area (Å²) in [4.78, 5) is 57.4. The lowest BCUT2D eigenvalue weighted by Gasteiger charge is -2.55. The van der Waals surface area contributed by atoms with Crippen LogP contribution < -0.4 is 20.9 Å². The van der Waals surface area contributed by atoms with Gasteiger partial charge in [-0.1, -0.05) is 16.8 Å². The van der Waals surface area contributed by atoms with E-state index < -0.39 is 41.3 Å². The lowest BCUT2D eigenvalue weighted by Crippen LogP contribution is -2.75. The first kappa shape index (κ1) is 22.5. The number of hydrogen-bond donors (Lipinski definition) is 3. The number of fused-ring (bicyclic) bond motifs is 5. The van der Waals surface area contributed by atoms with Gasteiger partial charge in [-0.05, 0) is 27.7 Å². The second-order valence-electron chi connectivity index (χ2n) is 9.19. The van der Waals surface area contributed by atoms with E-state index in [1.54, 1.807) is 20.8 Å². The normalized spacial score (nSPS) is 25.8. The van der Waals surface area contributed by atoms with Crippen LogP contribution in [0, 0.1) is 5.41 Å². The Bertz CT molecular complexity index is 1240. The van der Waals surface area contributed by atoms with Crippen molar-refractivity contribution in [2.75, 3.05) is 11.4 Å². The van der Waals surface area contributed by atoms with Crippen molar-refractivity contribution in [2.24, 2.45) is 5.41 Å². The van der Waals surface area contributed by atoms with Gasteiger partial charge < -0.3 is 19.5 Å². The lowest BCUT2D eigenvalue weighted by atomic mass is 9.67. The van der Waals surface area contributed by atoms with Crippen LogP contribution in [0.3, 0.4) is 0 Å². The van der Waals surface area contributed by atoms with Crippen molar-refractivity contribution in [1.29, 1.82) is 0 Å². The van der Waals surface area contributed by atoms with Crippen molar-refractivity contribution >= 4 is 52.1 Å². The van der Waals surface area contributed by atoms with Gasteiger partial charge in [0.25, 0.3) is 5.91 Å². The standard InChI is InChI=1S/C21H23ClN6O6.H2/c1-7(2)23-17(29)13-12-15(34-27-13)11(22)14-10(24-12)5-21(18(30)25-20(32)26-19(21)31)16-9(4)33-8(3)6-28(14)16;/h7-9,16H,5-6H2,1-4H3,(H,23,29)(H2,25,26,30,31,32);1H/t8-,9+,16-;/m1./s1. The Kier molecular flexibility index (Phi) is 5.06. The second-order valence-corrected chi connectivity index (χ2v) is 9.57. The van der Waals surface area contributed by atoms with Gasteiger partial charge in [0, 0.05) is 20.4 Å². The molecule has 182 valence electrons. The minimum Gasteiger partial charge on any atom is -0.372 e. The summed E-state index contributed by atoms with van der Waals surface area (Å²) in [5.74, 6) is -1.98. The molecule has 5 rings (SSSR count). The molecular weight excluding hydrogens is 468 g/mol. The first-order valence-corrected chi connectivity index (χ1v) is 11.3. The van der Waals surface area contributed by atoms with E-state index in [0.29, 0.717) is 17.9 Å². The maximum absolute atomic E-state index is 13.2. The molecule has 0 aliphatic carbocycles. The number of anilines is 1. The van der Waals surface area contributed by atoms with Crippen molar-refractivity contribution in [3.63, 3.8) is 0 Å². The maximum Gasteiger partial charge on any atom is 0.328 e. The van der Waals surface area contributed by atoms with Gasteiger partial charge in [-0.2, -0.15) is 0 Å². The number of morpholine rings is 1. The summed E-state index contributed by atoms with van der Waals surface area (Å²) >= 11 is 6.78. The van der Waals surface area contributed by atoms with Gasteiger partial charge in [0.1, 0.15) is 10.5 Å². The first-order chi connectivity index (χ1) is 16.0. The number of imide groups is 2. The molecule has 0 bridgehead atoms. The largest absolute Gasteiger partial charge is 0.372 e. The molecule has 2 saturated heterocycles. The molecule has 2 aromatic heterocycles. The number of urea groups is 1. The van der Waals surface area contributed by atoms with Crippen LogP contribution in [0.5, 0.6) is 0 Å². The Labute approximate surface area is 200 Å². The van der Waals surface area contributed by atoms with Crippen LogP contribution in [0.2, 0.25) is 5.02 Å². The van der Waals surface area contributed by atoms with E-state index in [-0.39, 0.29) is 41.8 Å². The van der Waals surface area contributed by atoms with Gasteiger partial charge in [-0.15, -0.1) is 0 Å². The van der Waals surface area contributed by atoms with E-state index in [2.05, 4.69) is 26.1 Å². The number of ether oxygens (including phenoxy) is 1. The quantitative estimate of drug-likeness (QED) is 0.523. The number of nitrogens with one attached hydrogen (secondary N) is 3. The molecule has 0 radical (unpaired) electrons. The molecule has 0 saturated carbocycles. The van der Waals surface area contributed by atoms with Gasteiger partial charge in [-0.3, -0.25) is 25.0 Å². The molecule has 0 aromatic carbocycles. The Morgan fingerprint density at radius 2 is 1.94 bits per heavy atom. The number of carbonyl (C=O) groups is 4. The molecule has 3 N–H and O–H groups in total. The van der Waals surface area contributed by atoms with Gasteiger partial charge >= 0.3 is 6.03 Å². The Balaban J connectivity index is 0.00000289. The fraction of sp³-hybridized carbons (Fsp3) is 0.524. The molecule has 1 spiro atoms. The van der Waals surface area contributed by atoms with Gasteiger partial charge in [0.05, 0.1) is 29.6 Å². The average molecular weight is 493 g/mol. The Hall–Kier alpha value is -3.25. The van der Waals surface area contributed by atoms with Crippen molar-refractivity contribution in [2.45, 2.75) is 58.4 Å². The highest BCUT2D eigenvalue weighted by atomic mass is 35.5. The molecule has 5 amide bonds. The summed E-state index contributed by atoms with van der Waals surface area (Å²) in [5, 5.41) is 11.2. The number of nitrogens with zero attached hydrogens (tertiary/aromatic N) is 3. The molecule has 2 aromatic rings. The van der Waals surface area contributed by atoms with Gasteiger partial charge in [-0.25, -0.2) is 9.78 Å². The summed E-state index contributed by atoms with van der Waals surface area (Å²) in [6, 6.07) is -1.81. The molecule has 12 nitrogen and oxygen atoms in total. The number of pyridine rings is 1. The van der Waals surface area contributed by atoms with Crippen LogP contribution in [0.25, 0.3) is 11.1 Å². The smallest absolute Gasteiger partial charge is 0.328 e. The molecule has 0 unspecified atom stereocenters. The highest BCUT2D eigenvalue weighted by Crippen LogP contribution is 2.50. The zero-order chi connectivity index (χ0) is 24.5. The summed E-state index contributed by atoms with van der Waals surface area (Å²) in [7, 11) is 0.